The number of rotatable bonds is 7. The fraction of sp³-hybridized carbons (Fsp3) is 0.310. The van der Waals surface area contributed by atoms with Crippen molar-refractivity contribution in [3.05, 3.63) is 94.8 Å². The van der Waals surface area contributed by atoms with Gasteiger partial charge in [0.25, 0.3) is 11.8 Å². The van der Waals surface area contributed by atoms with Crippen LogP contribution in [0.3, 0.4) is 0 Å². The van der Waals surface area contributed by atoms with Gasteiger partial charge in [-0.1, -0.05) is 48.5 Å². The van der Waals surface area contributed by atoms with Crippen LogP contribution in [0.15, 0.2) is 66.7 Å². The molecule has 1 fully saturated rings. The van der Waals surface area contributed by atoms with E-state index in [4.69, 9.17) is 4.74 Å². The van der Waals surface area contributed by atoms with Gasteiger partial charge in [0, 0.05) is 12.5 Å². The van der Waals surface area contributed by atoms with Gasteiger partial charge in [-0.3, -0.25) is 14.5 Å². The zero-order valence-electron chi connectivity index (χ0n) is 19.9. The highest BCUT2D eigenvalue weighted by molar-refractivity contribution is 6.21. The average Bonchev–Trinajstić information content (AvgIpc) is 3.30. The van der Waals surface area contributed by atoms with Crippen LogP contribution in [0, 0.1) is 18.7 Å². The summed E-state index contributed by atoms with van der Waals surface area (Å²) in [6.07, 6.45) is -1.29. The maximum absolute atomic E-state index is 13.9. The maximum Gasteiger partial charge on any atom is 0.261 e. The summed E-state index contributed by atoms with van der Waals surface area (Å²) < 4.78 is 19.5. The molecule has 0 spiro atoms. The summed E-state index contributed by atoms with van der Waals surface area (Å²) in [7, 11) is 0. The molecule has 2 aliphatic rings. The first-order valence-electron chi connectivity index (χ1n) is 12.2. The molecule has 4 atom stereocenters. The smallest absolute Gasteiger partial charge is 0.261 e. The third-order valence-electron chi connectivity index (χ3n) is 7.26. The summed E-state index contributed by atoms with van der Waals surface area (Å²) in [5.74, 6) is -1.33. The minimum absolute atomic E-state index is 0.141. The molecular weight excluding hydrogens is 461 g/mol. The van der Waals surface area contributed by atoms with E-state index in [1.165, 1.54) is 11.0 Å². The quantitative estimate of drug-likeness (QED) is 0.488. The molecule has 7 heteroatoms. The van der Waals surface area contributed by atoms with Crippen LogP contribution in [0.25, 0.3) is 11.1 Å². The second-order valence-corrected chi connectivity index (χ2v) is 9.52. The van der Waals surface area contributed by atoms with Gasteiger partial charge in [-0.05, 0) is 66.6 Å². The molecule has 186 valence electrons. The van der Waals surface area contributed by atoms with Crippen LogP contribution in [0.4, 0.5) is 4.39 Å². The summed E-state index contributed by atoms with van der Waals surface area (Å²) in [5, 5.41) is 20.6. The van der Waals surface area contributed by atoms with Crippen molar-refractivity contribution in [2.75, 3.05) is 6.54 Å². The number of ether oxygens (including phenoxy) is 1. The van der Waals surface area contributed by atoms with Crippen molar-refractivity contribution in [2.45, 2.75) is 44.7 Å². The standard InChI is InChI=1S/C29H28FNO5/c1-17-6-10-20(16-24(17)30)19-11-7-18(8-12-19)9-13-25-23(26(32)29(35)36-25)14-15-31-27(33)21-4-2-3-5-22(21)28(31)34/h2-8,10-12,16,23,25-26,29,32,35H,9,13-15H2,1H3/t23-,25+,26-,29+/m1/s1. The largest absolute Gasteiger partial charge is 0.387 e. The molecule has 36 heavy (non-hydrogen) atoms. The van der Waals surface area contributed by atoms with Gasteiger partial charge in [-0.25, -0.2) is 4.39 Å². The summed E-state index contributed by atoms with van der Waals surface area (Å²) in [5.41, 5.74) is 4.15. The Kier molecular flexibility index (Phi) is 6.71. The fourth-order valence-electron chi connectivity index (χ4n) is 5.10. The van der Waals surface area contributed by atoms with Crippen LogP contribution in [-0.4, -0.2) is 52.0 Å². The lowest BCUT2D eigenvalue weighted by molar-refractivity contribution is -0.127. The monoisotopic (exact) mass is 489 g/mol. The predicted molar refractivity (Wildman–Crippen MR) is 132 cm³/mol. The number of aliphatic hydroxyl groups is 2. The Hall–Kier alpha value is -3.39. The number of nitrogens with zero attached hydrogens (tertiary/aromatic N) is 1. The number of imide groups is 1. The second kappa shape index (κ2) is 9.93. The number of amides is 2. The van der Waals surface area contributed by atoms with Crippen molar-refractivity contribution in [2.24, 2.45) is 5.92 Å². The summed E-state index contributed by atoms with van der Waals surface area (Å²) in [6, 6.07) is 19.7. The number of carbonyl (C=O) groups excluding carboxylic acids is 2. The van der Waals surface area contributed by atoms with Crippen LogP contribution < -0.4 is 0 Å². The minimum atomic E-state index is -1.30. The van der Waals surface area contributed by atoms with Crippen molar-refractivity contribution < 1.29 is 28.9 Å². The molecule has 0 aliphatic carbocycles. The van der Waals surface area contributed by atoms with E-state index in [0.29, 0.717) is 36.0 Å². The first kappa shape index (κ1) is 24.3. The number of aliphatic hydroxyl groups excluding tert-OH is 2. The molecule has 0 radical (unpaired) electrons. The second-order valence-electron chi connectivity index (χ2n) is 9.52. The number of benzene rings is 3. The van der Waals surface area contributed by atoms with Gasteiger partial charge in [0.15, 0.2) is 6.29 Å². The number of hydrogen-bond acceptors (Lipinski definition) is 5. The molecule has 0 bridgehead atoms. The maximum atomic E-state index is 13.9. The van der Waals surface area contributed by atoms with E-state index in [1.54, 1.807) is 37.3 Å². The van der Waals surface area contributed by atoms with Crippen molar-refractivity contribution in [3.63, 3.8) is 0 Å². The Labute approximate surface area is 208 Å². The highest BCUT2D eigenvalue weighted by Gasteiger charge is 2.43. The first-order valence-corrected chi connectivity index (χ1v) is 12.2. The molecule has 2 aliphatic heterocycles. The van der Waals surface area contributed by atoms with Gasteiger partial charge in [0.2, 0.25) is 0 Å². The number of carbonyl (C=O) groups is 2. The average molecular weight is 490 g/mol. The van der Waals surface area contributed by atoms with Crippen LogP contribution >= 0.6 is 0 Å². The molecule has 3 aromatic rings. The lowest BCUT2D eigenvalue weighted by atomic mass is 9.90. The summed E-state index contributed by atoms with van der Waals surface area (Å²) >= 11 is 0. The molecule has 3 aromatic carbocycles. The Morgan fingerprint density at radius 1 is 0.889 bits per heavy atom. The molecule has 5 rings (SSSR count). The van der Waals surface area contributed by atoms with Crippen LogP contribution in [0.2, 0.25) is 0 Å². The van der Waals surface area contributed by atoms with Crippen molar-refractivity contribution in [1.29, 1.82) is 0 Å². The van der Waals surface area contributed by atoms with E-state index in [-0.39, 0.29) is 24.2 Å². The van der Waals surface area contributed by atoms with E-state index in [1.807, 2.05) is 30.3 Å². The van der Waals surface area contributed by atoms with Gasteiger partial charge in [0.05, 0.1) is 17.2 Å². The molecule has 2 amide bonds. The zero-order valence-corrected chi connectivity index (χ0v) is 19.9. The zero-order chi connectivity index (χ0) is 25.4. The highest BCUT2D eigenvalue weighted by Crippen LogP contribution is 2.33. The Morgan fingerprint density at radius 3 is 2.17 bits per heavy atom. The molecule has 1 saturated heterocycles. The van der Waals surface area contributed by atoms with E-state index >= 15 is 0 Å². The number of aryl methyl sites for hydroxylation is 2. The number of hydrogen-bond donors (Lipinski definition) is 2. The molecule has 2 N–H and O–H groups in total. The van der Waals surface area contributed by atoms with Crippen molar-refractivity contribution in [3.8, 4) is 11.1 Å². The van der Waals surface area contributed by atoms with Gasteiger partial charge in [0.1, 0.15) is 11.9 Å². The predicted octanol–water partition coefficient (Wildman–Crippen LogP) is 4.11. The van der Waals surface area contributed by atoms with Crippen LogP contribution in [0.1, 0.15) is 44.7 Å². The van der Waals surface area contributed by atoms with Gasteiger partial charge >= 0.3 is 0 Å². The van der Waals surface area contributed by atoms with E-state index in [9.17, 15) is 24.2 Å². The highest BCUT2D eigenvalue weighted by atomic mass is 19.1. The fourth-order valence-corrected chi connectivity index (χ4v) is 5.10. The van der Waals surface area contributed by atoms with Crippen LogP contribution in [-0.2, 0) is 11.2 Å². The van der Waals surface area contributed by atoms with E-state index in [2.05, 4.69) is 0 Å². The Bertz CT molecular complexity index is 1260. The van der Waals surface area contributed by atoms with Gasteiger partial charge in [-0.15, -0.1) is 0 Å². The topological polar surface area (TPSA) is 87.1 Å². The van der Waals surface area contributed by atoms with Crippen molar-refractivity contribution >= 4 is 11.8 Å². The normalized spacial score (nSPS) is 23.4. The van der Waals surface area contributed by atoms with Crippen LogP contribution in [0.5, 0.6) is 0 Å². The van der Waals surface area contributed by atoms with Gasteiger partial charge < -0.3 is 14.9 Å². The SMILES string of the molecule is Cc1ccc(-c2ccc(CC[C@@H]3O[C@H](O)[C@H](O)[C@@H]3CCN3C(=O)c4ccccc4C3=O)cc2)cc1F. The molecule has 2 heterocycles. The molecule has 0 unspecified atom stereocenters. The summed E-state index contributed by atoms with van der Waals surface area (Å²) in [4.78, 5) is 26.5. The molecular formula is C29H28FNO5. The van der Waals surface area contributed by atoms with Gasteiger partial charge in [-0.2, -0.15) is 0 Å². The first-order chi connectivity index (χ1) is 17.3. The summed E-state index contributed by atoms with van der Waals surface area (Å²) in [6.45, 7) is 1.87. The lowest BCUT2D eigenvalue weighted by Gasteiger charge is -2.22. The third kappa shape index (κ3) is 4.57. The number of halogens is 1. The van der Waals surface area contributed by atoms with E-state index in [0.717, 1.165) is 16.7 Å². The Balaban J connectivity index is 1.21. The number of fused-ring (bicyclic) bond motifs is 1. The Morgan fingerprint density at radius 2 is 1.53 bits per heavy atom. The minimum Gasteiger partial charge on any atom is -0.387 e. The van der Waals surface area contributed by atoms with Crippen molar-refractivity contribution in [1.82, 2.24) is 4.90 Å². The molecule has 0 saturated carbocycles. The lowest BCUT2D eigenvalue weighted by Crippen LogP contribution is -2.35. The molecule has 0 aromatic heterocycles. The molecule has 6 nitrogen and oxygen atoms in total. The third-order valence-corrected chi connectivity index (χ3v) is 7.26. The van der Waals surface area contributed by atoms with E-state index < -0.39 is 24.4 Å².